The van der Waals surface area contributed by atoms with E-state index in [1.54, 1.807) is 6.07 Å². The lowest BCUT2D eigenvalue weighted by Gasteiger charge is -2.37. The molecule has 5 rings (SSSR count). The number of halogens is 4. The van der Waals surface area contributed by atoms with Gasteiger partial charge in [-0.15, -0.1) is 0 Å². The van der Waals surface area contributed by atoms with Crippen molar-refractivity contribution in [2.45, 2.75) is 88.8 Å². The van der Waals surface area contributed by atoms with Gasteiger partial charge in [-0.25, -0.2) is 8.78 Å². The second-order valence-corrected chi connectivity index (χ2v) is 13.8. The molecular formula is C31H37Cl2F2N3O3. The van der Waals surface area contributed by atoms with Crippen LogP contribution in [0.15, 0.2) is 30.3 Å². The molecule has 1 saturated heterocycles. The van der Waals surface area contributed by atoms with Crippen molar-refractivity contribution in [2.24, 2.45) is 11.3 Å². The van der Waals surface area contributed by atoms with Crippen molar-refractivity contribution in [3.63, 3.8) is 0 Å². The first-order valence-corrected chi connectivity index (χ1v) is 15.0. The molecule has 41 heavy (non-hydrogen) atoms. The summed E-state index contributed by atoms with van der Waals surface area (Å²) in [6.45, 7) is 6.45. The van der Waals surface area contributed by atoms with Crippen LogP contribution >= 0.6 is 23.2 Å². The maximum absolute atomic E-state index is 15.8. The Morgan fingerprint density at radius 2 is 1.93 bits per heavy atom. The van der Waals surface area contributed by atoms with Crippen LogP contribution in [-0.2, 0) is 15.0 Å². The Labute approximate surface area is 249 Å². The zero-order valence-electron chi connectivity index (χ0n) is 23.5. The number of benzene rings is 2. The van der Waals surface area contributed by atoms with Crippen LogP contribution < -0.4 is 16.0 Å². The van der Waals surface area contributed by atoms with Crippen molar-refractivity contribution in [1.82, 2.24) is 10.6 Å². The Kier molecular flexibility index (Phi) is 8.43. The van der Waals surface area contributed by atoms with E-state index in [0.717, 1.165) is 32.1 Å². The van der Waals surface area contributed by atoms with Gasteiger partial charge in [0.2, 0.25) is 11.8 Å². The Hall–Kier alpha value is -2.26. The van der Waals surface area contributed by atoms with Crippen LogP contribution in [0.1, 0.15) is 76.3 Å². The quantitative estimate of drug-likeness (QED) is 0.287. The predicted octanol–water partition coefficient (Wildman–Crippen LogP) is 6.08. The summed E-state index contributed by atoms with van der Waals surface area (Å²) in [5, 5.41) is 18.8. The van der Waals surface area contributed by atoms with Crippen molar-refractivity contribution in [3.8, 4) is 0 Å². The first-order valence-electron chi connectivity index (χ1n) is 14.3. The molecule has 6 atom stereocenters. The van der Waals surface area contributed by atoms with Gasteiger partial charge in [-0.1, -0.05) is 56.1 Å². The van der Waals surface area contributed by atoms with Crippen molar-refractivity contribution < 1.29 is 23.5 Å². The normalized spacial score (nSPS) is 29.2. The molecule has 1 saturated carbocycles. The van der Waals surface area contributed by atoms with Crippen molar-refractivity contribution in [3.05, 3.63) is 63.1 Å². The van der Waals surface area contributed by atoms with Crippen LogP contribution in [0.5, 0.6) is 0 Å². The molecule has 4 N–H and O–H groups in total. The Morgan fingerprint density at radius 1 is 1.17 bits per heavy atom. The second kappa shape index (κ2) is 11.4. The van der Waals surface area contributed by atoms with E-state index >= 15 is 8.78 Å². The SMILES string of the molecule is CC(C)(C)C[C@H]1N[C@@H](C(=O)NCCC[C@H]2CC[C@H](O)C2)[C@H](c2cccc(Cl)c2F)[C@@]12C(=O)Nc1cc(Cl)c(F)cc12. The van der Waals surface area contributed by atoms with E-state index < -0.39 is 41.0 Å². The lowest BCUT2D eigenvalue weighted by Crippen LogP contribution is -2.49. The van der Waals surface area contributed by atoms with Crippen LogP contribution in [-0.4, -0.2) is 41.7 Å². The summed E-state index contributed by atoms with van der Waals surface area (Å²) in [6.07, 6.45) is 4.37. The molecule has 3 aliphatic rings. The van der Waals surface area contributed by atoms with E-state index in [0.29, 0.717) is 30.1 Å². The zero-order valence-corrected chi connectivity index (χ0v) is 25.0. The van der Waals surface area contributed by atoms with E-state index in [9.17, 15) is 14.7 Å². The molecule has 0 unspecified atom stereocenters. The number of fused-ring (bicyclic) bond motifs is 2. The van der Waals surface area contributed by atoms with E-state index in [1.807, 2.05) is 20.8 Å². The summed E-state index contributed by atoms with van der Waals surface area (Å²) in [5.41, 5.74) is -1.02. The van der Waals surface area contributed by atoms with Gasteiger partial charge in [0.25, 0.3) is 0 Å². The first-order chi connectivity index (χ1) is 19.3. The number of nitrogens with one attached hydrogen (secondary N) is 3. The van der Waals surface area contributed by atoms with Crippen LogP contribution in [0.3, 0.4) is 0 Å². The molecule has 2 aliphatic heterocycles. The third-order valence-electron chi connectivity index (χ3n) is 8.90. The first kappa shape index (κ1) is 30.2. The standard InChI is InChI=1S/C31H37Cl2F2N3O3/c1-30(2,3)15-24-31(19-13-22(34)21(33)14-23(19)37-29(31)41)25(18-7-4-8-20(32)26(18)35)27(38-24)28(40)36-11-5-6-16-9-10-17(39)12-16/h4,7-8,13-14,16-17,24-25,27,38-39H,5-6,9-12,15H2,1-3H3,(H,36,40)(H,37,41)/t16-,17-,24+,25-,27+,31-/m0/s1. The number of aliphatic hydroxyl groups excluding tert-OH is 1. The summed E-state index contributed by atoms with van der Waals surface area (Å²) >= 11 is 12.3. The van der Waals surface area contributed by atoms with Gasteiger partial charge < -0.3 is 21.1 Å². The van der Waals surface area contributed by atoms with E-state index in [4.69, 9.17) is 23.2 Å². The molecule has 0 bridgehead atoms. The molecule has 2 heterocycles. The topological polar surface area (TPSA) is 90.5 Å². The maximum atomic E-state index is 15.8. The number of hydrogen-bond donors (Lipinski definition) is 4. The summed E-state index contributed by atoms with van der Waals surface area (Å²) in [6, 6.07) is 5.51. The molecule has 2 fully saturated rings. The van der Waals surface area contributed by atoms with Gasteiger partial charge in [0.1, 0.15) is 17.0 Å². The minimum Gasteiger partial charge on any atom is -0.393 e. The molecule has 2 aromatic carbocycles. The monoisotopic (exact) mass is 607 g/mol. The number of carbonyl (C=O) groups is 2. The highest BCUT2D eigenvalue weighted by atomic mass is 35.5. The molecule has 2 amide bonds. The summed E-state index contributed by atoms with van der Waals surface area (Å²) in [5.74, 6) is -2.83. The third-order valence-corrected chi connectivity index (χ3v) is 9.48. The van der Waals surface area contributed by atoms with Crippen molar-refractivity contribution in [1.29, 1.82) is 0 Å². The van der Waals surface area contributed by atoms with Crippen LogP contribution in [0.25, 0.3) is 0 Å². The number of carbonyl (C=O) groups excluding carboxylic acids is 2. The van der Waals surface area contributed by atoms with Crippen LogP contribution in [0.4, 0.5) is 14.5 Å². The Bertz CT molecular complexity index is 1350. The number of anilines is 1. The molecule has 1 spiro atoms. The minimum absolute atomic E-state index is 0.111. The molecule has 2 aromatic rings. The van der Waals surface area contributed by atoms with E-state index in [2.05, 4.69) is 16.0 Å². The molecule has 0 radical (unpaired) electrons. The van der Waals surface area contributed by atoms with Crippen LogP contribution in [0.2, 0.25) is 10.0 Å². The smallest absolute Gasteiger partial charge is 0.237 e. The average molecular weight is 609 g/mol. The van der Waals surface area contributed by atoms with E-state index in [1.165, 1.54) is 24.3 Å². The van der Waals surface area contributed by atoms with Crippen molar-refractivity contribution in [2.75, 3.05) is 11.9 Å². The van der Waals surface area contributed by atoms with Gasteiger partial charge in [0.15, 0.2) is 0 Å². The molecule has 1 aliphatic carbocycles. The summed E-state index contributed by atoms with van der Waals surface area (Å²) in [4.78, 5) is 28.0. The largest absolute Gasteiger partial charge is 0.393 e. The molecule has 6 nitrogen and oxygen atoms in total. The molecule has 0 aromatic heterocycles. The van der Waals surface area contributed by atoms with Gasteiger partial charge in [0, 0.05) is 24.2 Å². The third kappa shape index (κ3) is 5.61. The molecule has 10 heteroatoms. The second-order valence-electron chi connectivity index (χ2n) is 13.0. The predicted molar refractivity (Wildman–Crippen MR) is 156 cm³/mol. The average Bonchev–Trinajstić information content (AvgIpc) is 3.53. The summed E-state index contributed by atoms with van der Waals surface area (Å²) < 4.78 is 30.8. The highest BCUT2D eigenvalue weighted by molar-refractivity contribution is 6.31. The van der Waals surface area contributed by atoms with Gasteiger partial charge in [-0.05, 0) is 79.2 Å². The van der Waals surface area contributed by atoms with Gasteiger partial charge in [0.05, 0.1) is 22.2 Å². The fraction of sp³-hybridized carbons (Fsp3) is 0.548. The lowest BCUT2D eigenvalue weighted by molar-refractivity contribution is -0.123. The molecule has 222 valence electrons. The fourth-order valence-electron chi connectivity index (χ4n) is 7.19. The van der Waals surface area contributed by atoms with Crippen molar-refractivity contribution >= 4 is 40.7 Å². The number of rotatable bonds is 7. The maximum Gasteiger partial charge on any atom is 0.237 e. The lowest BCUT2D eigenvalue weighted by atomic mass is 9.62. The zero-order chi connectivity index (χ0) is 29.7. The van der Waals surface area contributed by atoms with Gasteiger partial charge in [-0.2, -0.15) is 0 Å². The molecular weight excluding hydrogens is 571 g/mol. The Balaban J connectivity index is 1.56. The highest BCUT2D eigenvalue weighted by Gasteiger charge is 2.66. The number of hydrogen-bond acceptors (Lipinski definition) is 4. The fourth-order valence-corrected chi connectivity index (χ4v) is 7.53. The van der Waals surface area contributed by atoms with Gasteiger partial charge >= 0.3 is 0 Å². The van der Waals surface area contributed by atoms with Gasteiger partial charge in [-0.3, -0.25) is 9.59 Å². The number of amides is 2. The highest BCUT2D eigenvalue weighted by Crippen LogP contribution is 2.57. The van der Waals surface area contributed by atoms with Crippen LogP contribution in [0, 0.1) is 23.0 Å². The van der Waals surface area contributed by atoms with E-state index in [-0.39, 0.29) is 33.0 Å². The Morgan fingerprint density at radius 3 is 2.61 bits per heavy atom. The summed E-state index contributed by atoms with van der Waals surface area (Å²) in [7, 11) is 0. The number of aliphatic hydroxyl groups is 1. The minimum atomic E-state index is -1.51.